The number of esters is 1. The van der Waals surface area contributed by atoms with Crippen LogP contribution in [0.4, 0.5) is 11.4 Å². The van der Waals surface area contributed by atoms with Crippen molar-refractivity contribution in [3.63, 3.8) is 0 Å². The number of carbonyl (C=O) groups excluding carboxylic acids is 4. The number of anilines is 1. The molecule has 0 fully saturated rings. The van der Waals surface area contributed by atoms with Gasteiger partial charge in [0.05, 0.1) is 36.1 Å². The zero-order valence-electron chi connectivity index (χ0n) is 18.3. The number of nitro groups is 1. The maximum atomic E-state index is 12.7. The quantitative estimate of drug-likeness (QED) is 0.0745. The minimum Gasteiger partial charge on any atom is -0.456 e. The normalized spacial score (nSPS) is 12.5. The van der Waals surface area contributed by atoms with E-state index in [1.54, 1.807) is 0 Å². The van der Waals surface area contributed by atoms with Crippen molar-refractivity contribution < 1.29 is 28.8 Å². The van der Waals surface area contributed by atoms with E-state index in [1.807, 2.05) is 0 Å². The summed E-state index contributed by atoms with van der Waals surface area (Å²) in [6.45, 7) is -0.488. The van der Waals surface area contributed by atoms with E-state index in [-0.39, 0.29) is 55.6 Å². The van der Waals surface area contributed by atoms with Crippen LogP contribution in [0.15, 0.2) is 24.3 Å². The lowest BCUT2D eigenvalue weighted by molar-refractivity contribution is -0.384. The number of ether oxygens (including phenoxy) is 1. The highest BCUT2D eigenvalue weighted by Gasteiger charge is 2.41. The second kappa shape index (κ2) is 11.9. The fourth-order valence-electron chi connectivity index (χ4n) is 3.43. The van der Waals surface area contributed by atoms with Crippen LogP contribution in [0.25, 0.3) is 0 Å². The molecular formula is C22H17Cl4N3O7. The van der Waals surface area contributed by atoms with E-state index in [1.165, 1.54) is 24.3 Å². The predicted molar refractivity (Wildman–Crippen MR) is 133 cm³/mol. The number of halogens is 4. The zero-order chi connectivity index (χ0) is 26.6. The van der Waals surface area contributed by atoms with Gasteiger partial charge in [-0.15, -0.1) is 0 Å². The summed E-state index contributed by atoms with van der Waals surface area (Å²) in [7, 11) is 0. The summed E-state index contributed by atoms with van der Waals surface area (Å²) in [5.74, 6) is -2.52. The molecule has 0 atom stereocenters. The maximum Gasteiger partial charge on any atom is 0.306 e. The number of nitrogens with zero attached hydrogens (tertiary/aromatic N) is 2. The lowest BCUT2D eigenvalue weighted by atomic mass is 10.1. The van der Waals surface area contributed by atoms with Crippen molar-refractivity contribution in [1.82, 2.24) is 4.90 Å². The van der Waals surface area contributed by atoms with Crippen molar-refractivity contribution in [3.8, 4) is 0 Å². The molecule has 3 rings (SSSR count). The van der Waals surface area contributed by atoms with Crippen molar-refractivity contribution in [3.05, 3.63) is 65.6 Å². The molecule has 3 amide bonds. The third-order valence-electron chi connectivity index (χ3n) is 5.15. The van der Waals surface area contributed by atoms with E-state index in [0.717, 1.165) is 4.90 Å². The van der Waals surface area contributed by atoms with Gasteiger partial charge in [-0.3, -0.25) is 34.2 Å². The van der Waals surface area contributed by atoms with Gasteiger partial charge >= 0.3 is 5.97 Å². The third kappa shape index (κ3) is 6.07. The highest BCUT2D eigenvalue weighted by Crippen LogP contribution is 2.44. The molecule has 0 bridgehead atoms. The summed E-state index contributed by atoms with van der Waals surface area (Å²) in [6, 6.07) is 5.33. The molecule has 0 spiro atoms. The van der Waals surface area contributed by atoms with Gasteiger partial charge in [0.1, 0.15) is 0 Å². The summed E-state index contributed by atoms with van der Waals surface area (Å²) in [4.78, 5) is 60.3. The second-order valence-electron chi connectivity index (χ2n) is 7.59. The molecule has 1 heterocycles. The van der Waals surface area contributed by atoms with E-state index in [9.17, 15) is 29.3 Å². The first kappa shape index (κ1) is 27.7. The van der Waals surface area contributed by atoms with Crippen molar-refractivity contribution >= 4 is 81.5 Å². The van der Waals surface area contributed by atoms with Gasteiger partial charge in [-0.1, -0.05) is 58.9 Å². The number of hydrogen-bond donors (Lipinski definition) is 1. The smallest absolute Gasteiger partial charge is 0.306 e. The van der Waals surface area contributed by atoms with Gasteiger partial charge < -0.3 is 10.1 Å². The number of non-ortho nitro benzene ring substituents is 1. The summed E-state index contributed by atoms with van der Waals surface area (Å²) in [5.41, 5.74) is -0.170. The van der Waals surface area contributed by atoms with Crippen molar-refractivity contribution in [2.75, 3.05) is 18.5 Å². The number of unbranched alkanes of at least 4 members (excludes halogenated alkanes) is 2. The number of carbonyl (C=O) groups is 4. The van der Waals surface area contributed by atoms with E-state index < -0.39 is 35.2 Å². The molecular weight excluding hydrogens is 560 g/mol. The minimum atomic E-state index is -0.646. The van der Waals surface area contributed by atoms with Gasteiger partial charge in [-0.2, -0.15) is 0 Å². The molecule has 36 heavy (non-hydrogen) atoms. The largest absolute Gasteiger partial charge is 0.456 e. The van der Waals surface area contributed by atoms with Crippen LogP contribution >= 0.6 is 46.4 Å². The van der Waals surface area contributed by atoms with Gasteiger partial charge in [0.15, 0.2) is 6.61 Å². The molecule has 0 saturated carbocycles. The first-order chi connectivity index (χ1) is 17.0. The summed E-state index contributed by atoms with van der Waals surface area (Å²) in [6.07, 6.45) is 1.26. The van der Waals surface area contributed by atoms with E-state index >= 15 is 0 Å². The topological polar surface area (TPSA) is 136 Å². The van der Waals surface area contributed by atoms with Crippen molar-refractivity contribution in [2.24, 2.45) is 0 Å². The van der Waals surface area contributed by atoms with Crippen LogP contribution in [0.5, 0.6) is 0 Å². The van der Waals surface area contributed by atoms with Crippen LogP contribution in [0.1, 0.15) is 46.4 Å². The van der Waals surface area contributed by atoms with Gasteiger partial charge in [0.25, 0.3) is 23.4 Å². The second-order valence-corrected chi connectivity index (χ2v) is 9.11. The number of imide groups is 1. The molecule has 1 aliphatic heterocycles. The fraction of sp³-hybridized carbons (Fsp3) is 0.273. The van der Waals surface area contributed by atoms with Crippen molar-refractivity contribution in [1.29, 1.82) is 0 Å². The van der Waals surface area contributed by atoms with Gasteiger partial charge in [0, 0.05) is 30.8 Å². The van der Waals surface area contributed by atoms with Gasteiger partial charge in [-0.25, -0.2) is 0 Å². The molecule has 10 nitrogen and oxygen atoms in total. The lowest BCUT2D eigenvalue weighted by Crippen LogP contribution is -2.30. The predicted octanol–water partition coefficient (Wildman–Crippen LogP) is 5.55. The molecule has 2 aromatic rings. The van der Waals surface area contributed by atoms with Crippen LogP contribution in [0.3, 0.4) is 0 Å². The number of hydrogen-bond acceptors (Lipinski definition) is 7. The highest BCUT2D eigenvalue weighted by atomic mass is 35.5. The maximum absolute atomic E-state index is 12.7. The molecule has 0 unspecified atom stereocenters. The Morgan fingerprint density at radius 3 is 2.14 bits per heavy atom. The Morgan fingerprint density at radius 1 is 0.944 bits per heavy atom. The van der Waals surface area contributed by atoms with E-state index in [2.05, 4.69) is 5.32 Å². The van der Waals surface area contributed by atoms with E-state index in [0.29, 0.717) is 19.3 Å². The Kier molecular flexibility index (Phi) is 9.13. The Balaban J connectivity index is 1.40. The highest BCUT2D eigenvalue weighted by molar-refractivity contribution is 6.55. The van der Waals surface area contributed by atoms with Crippen LogP contribution in [0, 0.1) is 10.1 Å². The Morgan fingerprint density at radius 2 is 1.56 bits per heavy atom. The molecule has 0 aliphatic carbocycles. The number of rotatable bonds is 10. The number of nitro benzene ring substituents is 1. The average molecular weight is 577 g/mol. The van der Waals surface area contributed by atoms with Crippen LogP contribution in [-0.4, -0.2) is 46.7 Å². The first-order valence-electron chi connectivity index (χ1n) is 10.4. The Hall–Kier alpha value is -2.92. The molecule has 0 saturated heterocycles. The average Bonchev–Trinajstić information content (AvgIpc) is 3.09. The van der Waals surface area contributed by atoms with Crippen LogP contribution in [0.2, 0.25) is 20.1 Å². The van der Waals surface area contributed by atoms with Gasteiger partial charge in [-0.05, 0) is 18.9 Å². The molecule has 0 radical (unpaired) electrons. The molecule has 1 aliphatic rings. The van der Waals surface area contributed by atoms with Crippen molar-refractivity contribution in [2.45, 2.75) is 25.7 Å². The molecule has 0 aromatic heterocycles. The Bertz CT molecular complexity index is 1220. The number of fused-ring (bicyclic) bond motifs is 1. The molecule has 14 heteroatoms. The summed E-state index contributed by atoms with van der Waals surface area (Å²) < 4.78 is 4.90. The number of nitrogens with one attached hydrogen (secondary N) is 1. The molecule has 1 N–H and O–H groups in total. The zero-order valence-corrected chi connectivity index (χ0v) is 21.3. The monoisotopic (exact) mass is 575 g/mol. The van der Waals surface area contributed by atoms with Crippen LogP contribution in [-0.2, 0) is 14.3 Å². The minimum absolute atomic E-state index is 0.00901. The fourth-order valence-corrected chi connectivity index (χ4v) is 4.44. The standard InChI is InChI=1S/C22H17Cl4N3O7/c23-17-15-16(18(24)20(26)19(17)25)22(33)28(21(15)32)8-3-1-2-7-14(31)36-10-13(30)27-11-5-4-6-12(9-11)29(34)35/h4-6,9H,1-3,7-8,10H2,(H,27,30). The number of benzene rings is 2. The first-order valence-corrected chi connectivity index (χ1v) is 12.0. The van der Waals surface area contributed by atoms with Gasteiger partial charge in [0.2, 0.25) is 0 Å². The lowest BCUT2D eigenvalue weighted by Gasteiger charge is -2.13. The Labute approximate surface area is 224 Å². The third-order valence-corrected chi connectivity index (χ3v) is 6.95. The van der Waals surface area contributed by atoms with Crippen LogP contribution < -0.4 is 5.32 Å². The summed E-state index contributed by atoms with van der Waals surface area (Å²) >= 11 is 24.2. The summed E-state index contributed by atoms with van der Waals surface area (Å²) in [5, 5.41) is 12.7. The molecule has 190 valence electrons. The molecule has 2 aromatic carbocycles. The SMILES string of the molecule is O=C(COC(=O)CCCCCN1C(=O)c2c(Cl)c(Cl)c(Cl)c(Cl)c2C1=O)Nc1cccc([N+](=O)[O-])c1. The van der Waals surface area contributed by atoms with E-state index in [4.69, 9.17) is 51.1 Å². The number of amides is 3.